The maximum absolute atomic E-state index is 12.0. The van der Waals surface area contributed by atoms with Crippen LogP contribution in [0.5, 0.6) is 0 Å². The highest BCUT2D eigenvalue weighted by atomic mass is 16.5. The Morgan fingerprint density at radius 1 is 0.882 bits per heavy atom. The van der Waals surface area contributed by atoms with Crippen LogP contribution in [-0.2, 0) is 12.8 Å². The minimum absolute atomic E-state index is 0.655. The average Bonchev–Trinajstić information content (AvgIpc) is 2.36. The van der Waals surface area contributed by atoms with E-state index in [4.69, 9.17) is 0 Å². The molecule has 84 valence electrons. The molecular formula is C14H12N2O. The van der Waals surface area contributed by atoms with Crippen LogP contribution in [0.1, 0.15) is 11.1 Å². The maximum atomic E-state index is 12.0. The molecule has 3 heteroatoms. The molecule has 0 radical (unpaired) electrons. The third-order valence-electron chi connectivity index (χ3n) is 3.05. The summed E-state index contributed by atoms with van der Waals surface area (Å²) in [5.41, 5.74) is 3.61. The van der Waals surface area contributed by atoms with E-state index in [0.717, 1.165) is 34.5 Å². The molecule has 0 saturated carbocycles. The lowest BCUT2D eigenvalue weighted by molar-refractivity contribution is -0.436. The number of hydrogen-bond donors (Lipinski definition) is 0. The predicted molar refractivity (Wildman–Crippen MR) is 65.7 cm³/mol. The van der Waals surface area contributed by atoms with Crippen molar-refractivity contribution in [2.75, 3.05) is 0 Å². The topological polar surface area (TPSA) is 38.4 Å². The van der Waals surface area contributed by atoms with Crippen molar-refractivity contribution in [3.63, 3.8) is 0 Å². The highest BCUT2D eigenvalue weighted by Gasteiger charge is 2.16. The Balaban J connectivity index is 2.18. The van der Waals surface area contributed by atoms with Gasteiger partial charge in [-0.1, -0.05) is 36.4 Å². The van der Waals surface area contributed by atoms with Crippen molar-refractivity contribution < 1.29 is 4.86 Å². The van der Waals surface area contributed by atoms with Gasteiger partial charge < -0.3 is 5.21 Å². The molecule has 0 aromatic heterocycles. The first-order valence-electron chi connectivity index (χ1n) is 5.69. The van der Waals surface area contributed by atoms with E-state index in [0.29, 0.717) is 5.69 Å². The van der Waals surface area contributed by atoms with E-state index in [2.05, 4.69) is 5.11 Å². The lowest BCUT2D eigenvalue weighted by atomic mass is 10.0. The SMILES string of the molecule is [O-]/[N+]1=N/c2ccccc2CCc2ccccc21. The van der Waals surface area contributed by atoms with Gasteiger partial charge in [-0.2, -0.15) is 0 Å². The van der Waals surface area contributed by atoms with Crippen molar-refractivity contribution >= 4 is 11.4 Å². The smallest absolute Gasteiger partial charge is 0.248 e. The summed E-state index contributed by atoms with van der Waals surface area (Å²) in [6, 6.07) is 15.4. The first kappa shape index (κ1) is 10.0. The Hall–Kier alpha value is -2.16. The van der Waals surface area contributed by atoms with Crippen molar-refractivity contribution in [2.45, 2.75) is 12.8 Å². The number of hydrogen-bond acceptors (Lipinski definition) is 2. The van der Waals surface area contributed by atoms with Crippen molar-refractivity contribution in [3.05, 3.63) is 64.9 Å². The minimum atomic E-state index is 0.655. The molecule has 17 heavy (non-hydrogen) atoms. The van der Waals surface area contributed by atoms with Crippen molar-refractivity contribution in [3.8, 4) is 0 Å². The second-order valence-corrected chi connectivity index (χ2v) is 4.13. The van der Waals surface area contributed by atoms with Gasteiger partial charge in [0.1, 0.15) is 5.69 Å². The fourth-order valence-corrected chi connectivity index (χ4v) is 2.15. The molecule has 0 saturated heterocycles. The van der Waals surface area contributed by atoms with Crippen molar-refractivity contribution in [1.29, 1.82) is 0 Å². The van der Waals surface area contributed by atoms with Crippen LogP contribution in [-0.4, -0.2) is 4.86 Å². The number of azo groups is 1. The summed E-state index contributed by atoms with van der Waals surface area (Å²) in [4.78, 5) is 0.729. The zero-order chi connectivity index (χ0) is 11.7. The Morgan fingerprint density at radius 2 is 1.53 bits per heavy atom. The summed E-state index contributed by atoms with van der Waals surface area (Å²) in [5.74, 6) is 0. The van der Waals surface area contributed by atoms with Crippen LogP contribution in [0.4, 0.5) is 11.4 Å². The van der Waals surface area contributed by atoms with Crippen LogP contribution >= 0.6 is 0 Å². The molecule has 0 atom stereocenters. The van der Waals surface area contributed by atoms with Gasteiger partial charge in [0.2, 0.25) is 5.69 Å². The van der Waals surface area contributed by atoms with Gasteiger partial charge in [0.25, 0.3) is 0 Å². The van der Waals surface area contributed by atoms with E-state index < -0.39 is 0 Å². The largest absolute Gasteiger partial charge is 0.594 e. The zero-order valence-electron chi connectivity index (χ0n) is 9.34. The Bertz CT molecular complexity index is 590. The number of benzene rings is 2. The van der Waals surface area contributed by atoms with E-state index in [9.17, 15) is 5.21 Å². The van der Waals surface area contributed by atoms with Crippen LogP contribution in [0.25, 0.3) is 0 Å². The lowest BCUT2D eigenvalue weighted by Gasteiger charge is -2.11. The summed E-state index contributed by atoms with van der Waals surface area (Å²) >= 11 is 0. The normalized spacial score (nSPS) is 17.1. The molecule has 3 nitrogen and oxygen atoms in total. The van der Waals surface area contributed by atoms with Gasteiger partial charge in [0, 0.05) is 16.7 Å². The molecule has 0 unspecified atom stereocenters. The molecule has 1 aliphatic rings. The number of aryl methyl sites for hydroxylation is 2. The molecule has 2 aromatic rings. The second kappa shape index (κ2) is 4.01. The summed E-state index contributed by atoms with van der Waals surface area (Å²) in [6.07, 6.45) is 1.80. The second-order valence-electron chi connectivity index (χ2n) is 4.13. The number of rotatable bonds is 0. The molecule has 0 amide bonds. The summed E-state index contributed by atoms with van der Waals surface area (Å²) in [7, 11) is 0. The summed E-state index contributed by atoms with van der Waals surface area (Å²) < 4.78 is 0. The lowest BCUT2D eigenvalue weighted by Crippen LogP contribution is -2.02. The Kier molecular flexibility index (Phi) is 2.37. The van der Waals surface area contributed by atoms with Gasteiger partial charge in [0.15, 0.2) is 0 Å². The van der Waals surface area contributed by atoms with Crippen LogP contribution in [0.2, 0.25) is 0 Å². The highest BCUT2D eigenvalue weighted by Crippen LogP contribution is 2.28. The Morgan fingerprint density at radius 3 is 2.41 bits per heavy atom. The van der Waals surface area contributed by atoms with Gasteiger partial charge in [-0.25, -0.2) is 0 Å². The van der Waals surface area contributed by atoms with E-state index in [1.54, 1.807) is 0 Å². The third-order valence-corrected chi connectivity index (χ3v) is 3.05. The minimum Gasteiger partial charge on any atom is -0.594 e. The highest BCUT2D eigenvalue weighted by molar-refractivity contribution is 5.48. The fraction of sp³-hybridized carbons (Fsp3) is 0.143. The fourth-order valence-electron chi connectivity index (χ4n) is 2.15. The molecule has 1 aliphatic heterocycles. The third kappa shape index (κ3) is 1.80. The Labute approximate surface area is 99.6 Å². The molecule has 0 spiro atoms. The van der Waals surface area contributed by atoms with Gasteiger partial charge in [-0.05, 0) is 29.3 Å². The van der Waals surface area contributed by atoms with Gasteiger partial charge in [-0.3, -0.25) is 0 Å². The maximum Gasteiger partial charge on any atom is 0.248 e. The van der Waals surface area contributed by atoms with E-state index in [1.807, 2.05) is 48.5 Å². The number of para-hydroxylation sites is 1. The van der Waals surface area contributed by atoms with Crippen molar-refractivity contribution in [1.82, 2.24) is 0 Å². The zero-order valence-corrected chi connectivity index (χ0v) is 9.34. The molecule has 0 aliphatic carbocycles. The molecule has 1 heterocycles. The summed E-state index contributed by atoms with van der Waals surface area (Å²) in [6.45, 7) is 0. The number of nitrogens with zero attached hydrogens (tertiary/aromatic N) is 2. The molecular weight excluding hydrogens is 212 g/mol. The quantitative estimate of drug-likeness (QED) is 0.496. The molecule has 2 aromatic carbocycles. The van der Waals surface area contributed by atoms with E-state index >= 15 is 0 Å². The van der Waals surface area contributed by atoms with E-state index in [-0.39, 0.29) is 0 Å². The van der Waals surface area contributed by atoms with Gasteiger partial charge in [0.05, 0.1) is 0 Å². The van der Waals surface area contributed by atoms with Crippen LogP contribution in [0.15, 0.2) is 53.6 Å². The number of fused-ring (bicyclic) bond motifs is 2. The van der Waals surface area contributed by atoms with Gasteiger partial charge >= 0.3 is 0 Å². The van der Waals surface area contributed by atoms with Crippen molar-refractivity contribution in [2.24, 2.45) is 5.11 Å². The molecule has 0 bridgehead atoms. The first-order chi connectivity index (χ1) is 8.34. The molecule has 3 rings (SSSR count). The van der Waals surface area contributed by atoms with Crippen LogP contribution in [0, 0.1) is 5.21 Å². The van der Waals surface area contributed by atoms with Crippen LogP contribution in [0.3, 0.4) is 0 Å². The first-order valence-corrected chi connectivity index (χ1v) is 5.69. The van der Waals surface area contributed by atoms with Crippen LogP contribution < -0.4 is 0 Å². The molecule has 0 fully saturated rings. The van der Waals surface area contributed by atoms with E-state index in [1.165, 1.54) is 0 Å². The predicted octanol–water partition coefficient (Wildman–Crippen LogP) is 3.71. The standard InChI is InChI=1S/C14H12N2O/c17-16-14-8-4-2-6-12(14)10-9-11-5-1-3-7-13(11)15-16/h1-8H,9-10H2/b16-15+. The summed E-state index contributed by atoms with van der Waals surface area (Å²) in [5, 5.41) is 16.1. The average molecular weight is 224 g/mol. The van der Waals surface area contributed by atoms with Gasteiger partial charge in [-0.15, -0.1) is 0 Å². The molecule has 0 N–H and O–H groups in total. The monoisotopic (exact) mass is 224 g/mol.